The first-order chi connectivity index (χ1) is 12.7. The molecule has 1 heterocycles. The number of carboxylic acids is 1. The van der Waals surface area contributed by atoms with E-state index in [1.54, 1.807) is 13.0 Å². The summed E-state index contributed by atoms with van der Waals surface area (Å²) in [5, 5.41) is 12.1. The second-order valence-corrected chi connectivity index (χ2v) is 7.61. The van der Waals surface area contributed by atoms with Crippen molar-refractivity contribution in [1.82, 2.24) is 4.90 Å². The quantitative estimate of drug-likeness (QED) is 0.753. The van der Waals surface area contributed by atoms with Gasteiger partial charge in [0.05, 0.1) is 9.88 Å². The molecule has 2 N–H and O–H groups in total. The zero-order valence-electron chi connectivity index (χ0n) is 15.3. The summed E-state index contributed by atoms with van der Waals surface area (Å²) >= 11 is 1.07. The molecule has 1 aromatic carbocycles. The lowest BCUT2D eigenvalue weighted by molar-refractivity contribution is -0.137. The molecule has 2 amide bonds. The van der Waals surface area contributed by atoms with Gasteiger partial charge in [-0.1, -0.05) is 19.9 Å². The van der Waals surface area contributed by atoms with E-state index in [1.807, 2.05) is 13.8 Å². The molecule has 144 valence electrons. The number of benzene rings is 1. The minimum atomic E-state index is -1.09. The SMILES string of the molecule is Cc1cc(NC(=O)c2cccc(F)c2)sc1C(=O)N(CC(=O)O)CC(C)C. The molecule has 1 aromatic heterocycles. The topological polar surface area (TPSA) is 86.7 Å². The van der Waals surface area contributed by atoms with Crippen molar-refractivity contribution in [1.29, 1.82) is 0 Å². The third-order valence-corrected chi connectivity index (χ3v) is 4.77. The summed E-state index contributed by atoms with van der Waals surface area (Å²) in [6.07, 6.45) is 0. The van der Waals surface area contributed by atoms with E-state index in [0.717, 1.165) is 17.4 Å². The molecule has 0 radical (unpaired) electrons. The molecule has 27 heavy (non-hydrogen) atoms. The monoisotopic (exact) mass is 392 g/mol. The maximum Gasteiger partial charge on any atom is 0.323 e. The molecule has 0 bridgehead atoms. The van der Waals surface area contributed by atoms with Gasteiger partial charge in [-0.2, -0.15) is 0 Å². The highest BCUT2D eigenvalue weighted by Gasteiger charge is 2.23. The number of anilines is 1. The van der Waals surface area contributed by atoms with E-state index >= 15 is 0 Å². The van der Waals surface area contributed by atoms with Crippen LogP contribution in [0.15, 0.2) is 30.3 Å². The van der Waals surface area contributed by atoms with E-state index < -0.39 is 17.7 Å². The van der Waals surface area contributed by atoms with Crippen LogP contribution >= 0.6 is 11.3 Å². The number of nitrogens with one attached hydrogen (secondary N) is 1. The molecule has 0 fully saturated rings. The van der Waals surface area contributed by atoms with Gasteiger partial charge in [-0.05, 0) is 42.7 Å². The average molecular weight is 392 g/mol. The Bertz CT molecular complexity index is 863. The van der Waals surface area contributed by atoms with Gasteiger partial charge >= 0.3 is 5.97 Å². The van der Waals surface area contributed by atoms with Crippen molar-refractivity contribution >= 4 is 34.1 Å². The fourth-order valence-electron chi connectivity index (χ4n) is 2.54. The molecule has 0 spiro atoms. The van der Waals surface area contributed by atoms with Crippen molar-refractivity contribution in [3.63, 3.8) is 0 Å². The van der Waals surface area contributed by atoms with Crippen molar-refractivity contribution < 1.29 is 23.9 Å². The van der Waals surface area contributed by atoms with E-state index in [-0.39, 0.29) is 23.9 Å². The Morgan fingerprint density at radius 3 is 2.56 bits per heavy atom. The first-order valence-electron chi connectivity index (χ1n) is 8.35. The van der Waals surface area contributed by atoms with Crippen LogP contribution in [0.1, 0.15) is 39.4 Å². The predicted molar refractivity (Wildman–Crippen MR) is 102 cm³/mol. The summed E-state index contributed by atoms with van der Waals surface area (Å²) in [7, 11) is 0. The highest BCUT2D eigenvalue weighted by Crippen LogP contribution is 2.28. The number of rotatable bonds is 7. The molecule has 0 aliphatic heterocycles. The van der Waals surface area contributed by atoms with Gasteiger partial charge in [-0.25, -0.2) is 4.39 Å². The third-order valence-electron chi connectivity index (χ3n) is 3.63. The number of amides is 2. The fourth-order valence-corrected chi connectivity index (χ4v) is 3.57. The second-order valence-electron chi connectivity index (χ2n) is 6.56. The number of nitrogens with zero attached hydrogens (tertiary/aromatic N) is 1. The number of hydrogen-bond acceptors (Lipinski definition) is 4. The van der Waals surface area contributed by atoms with Crippen LogP contribution in [0.3, 0.4) is 0 Å². The number of hydrogen-bond donors (Lipinski definition) is 2. The molecule has 0 unspecified atom stereocenters. The van der Waals surface area contributed by atoms with Crippen LogP contribution in [0.25, 0.3) is 0 Å². The van der Waals surface area contributed by atoms with E-state index in [4.69, 9.17) is 5.11 Å². The van der Waals surface area contributed by atoms with Crippen LogP contribution in [-0.2, 0) is 4.79 Å². The van der Waals surface area contributed by atoms with E-state index in [9.17, 15) is 18.8 Å². The highest BCUT2D eigenvalue weighted by atomic mass is 32.1. The van der Waals surface area contributed by atoms with Crippen LogP contribution in [0.4, 0.5) is 9.39 Å². The largest absolute Gasteiger partial charge is 0.480 e. The lowest BCUT2D eigenvalue weighted by Crippen LogP contribution is -2.38. The number of aliphatic carboxylic acids is 1. The molecular weight excluding hydrogens is 371 g/mol. The first-order valence-corrected chi connectivity index (χ1v) is 9.17. The van der Waals surface area contributed by atoms with Gasteiger partial charge in [0.2, 0.25) is 0 Å². The Labute approximate surface area is 160 Å². The zero-order chi connectivity index (χ0) is 20.1. The summed E-state index contributed by atoms with van der Waals surface area (Å²) in [6, 6.07) is 6.94. The summed E-state index contributed by atoms with van der Waals surface area (Å²) in [6.45, 7) is 5.44. The smallest absolute Gasteiger partial charge is 0.323 e. The van der Waals surface area contributed by atoms with Gasteiger partial charge in [0.15, 0.2) is 0 Å². The number of thiophene rings is 1. The molecule has 8 heteroatoms. The number of aryl methyl sites for hydroxylation is 1. The van der Waals surface area contributed by atoms with Crippen LogP contribution in [-0.4, -0.2) is 40.9 Å². The maximum absolute atomic E-state index is 13.3. The standard InChI is InChI=1S/C19H21FN2O4S/c1-11(2)9-22(10-16(23)24)19(26)17-12(3)7-15(27-17)21-18(25)13-5-4-6-14(20)8-13/h4-8,11H,9-10H2,1-3H3,(H,21,25)(H,23,24). The average Bonchev–Trinajstić information content (AvgIpc) is 2.93. The molecule has 2 aromatic rings. The lowest BCUT2D eigenvalue weighted by Gasteiger charge is -2.22. The minimum absolute atomic E-state index is 0.112. The van der Waals surface area contributed by atoms with Gasteiger partial charge in [0.25, 0.3) is 11.8 Å². The third kappa shape index (κ3) is 5.62. The Kier molecular flexibility index (Phi) is 6.68. The van der Waals surface area contributed by atoms with Crippen LogP contribution in [0, 0.1) is 18.7 Å². The number of carboxylic acid groups (broad SMARTS) is 1. The predicted octanol–water partition coefficient (Wildman–Crippen LogP) is 3.63. The normalized spacial score (nSPS) is 10.7. The Hall–Kier alpha value is -2.74. The summed E-state index contributed by atoms with van der Waals surface area (Å²) in [5.41, 5.74) is 0.805. The summed E-state index contributed by atoms with van der Waals surface area (Å²) in [4.78, 5) is 37.7. The van der Waals surface area contributed by atoms with Gasteiger partial charge in [-0.3, -0.25) is 14.4 Å². The second kappa shape index (κ2) is 8.77. The molecule has 0 aliphatic rings. The van der Waals surface area contributed by atoms with Gasteiger partial charge < -0.3 is 15.3 Å². The molecule has 0 aliphatic carbocycles. The minimum Gasteiger partial charge on any atom is -0.480 e. The zero-order valence-corrected chi connectivity index (χ0v) is 16.1. The number of halogens is 1. The van der Waals surface area contributed by atoms with Gasteiger partial charge in [-0.15, -0.1) is 11.3 Å². The first kappa shape index (κ1) is 20.6. The Balaban J connectivity index is 2.19. The van der Waals surface area contributed by atoms with Crippen molar-refractivity contribution in [2.24, 2.45) is 5.92 Å². The molecule has 0 saturated carbocycles. The highest BCUT2D eigenvalue weighted by molar-refractivity contribution is 7.18. The molecule has 6 nitrogen and oxygen atoms in total. The van der Waals surface area contributed by atoms with Crippen LogP contribution in [0.5, 0.6) is 0 Å². The van der Waals surface area contributed by atoms with Crippen molar-refractivity contribution in [3.05, 3.63) is 52.2 Å². The van der Waals surface area contributed by atoms with Crippen molar-refractivity contribution in [2.45, 2.75) is 20.8 Å². The fraction of sp³-hybridized carbons (Fsp3) is 0.316. The van der Waals surface area contributed by atoms with Crippen molar-refractivity contribution in [3.8, 4) is 0 Å². The van der Waals surface area contributed by atoms with Gasteiger partial charge in [0.1, 0.15) is 12.4 Å². The Morgan fingerprint density at radius 2 is 1.96 bits per heavy atom. The van der Waals surface area contributed by atoms with Crippen LogP contribution in [0.2, 0.25) is 0 Å². The molecule has 0 atom stereocenters. The maximum atomic E-state index is 13.3. The lowest BCUT2D eigenvalue weighted by atomic mass is 10.2. The molecule has 0 saturated heterocycles. The summed E-state index contributed by atoms with van der Waals surface area (Å²) < 4.78 is 13.3. The summed E-state index contributed by atoms with van der Waals surface area (Å²) in [5.74, 6) is -2.36. The van der Waals surface area contributed by atoms with Gasteiger partial charge in [0, 0.05) is 12.1 Å². The van der Waals surface area contributed by atoms with E-state index in [0.29, 0.717) is 22.0 Å². The van der Waals surface area contributed by atoms with Crippen LogP contribution < -0.4 is 5.32 Å². The Morgan fingerprint density at radius 1 is 1.26 bits per heavy atom. The number of carbonyl (C=O) groups is 3. The molecule has 2 rings (SSSR count). The van der Waals surface area contributed by atoms with E-state index in [2.05, 4.69) is 5.32 Å². The number of carbonyl (C=O) groups excluding carboxylic acids is 2. The van der Waals surface area contributed by atoms with E-state index in [1.165, 1.54) is 23.1 Å². The molecular formula is C19H21FN2O4S. The van der Waals surface area contributed by atoms with Crippen molar-refractivity contribution in [2.75, 3.05) is 18.4 Å².